The Morgan fingerprint density at radius 2 is 1.81 bits per heavy atom. The lowest BCUT2D eigenvalue weighted by atomic mass is 10.1. The largest absolute Gasteiger partial charge is 0.325 e. The Labute approximate surface area is 100 Å². The van der Waals surface area contributed by atoms with Crippen molar-refractivity contribution in [1.82, 2.24) is 4.98 Å². The van der Waals surface area contributed by atoms with Crippen molar-refractivity contribution in [2.75, 3.05) is 0 Å². The Morgan fingerprint density at radius 1 is 1.12 bits per heavy atom. The molecule has 1 heterocycles. The standard InChI is InChI=1S/C12H9BrFNO/c13-7-10-5-6-11(12(16)15-10)8-1-3-9(14)4-2-8/h1-6H,7H2,(H,15,16). The van der Waals surface area contributed by atoms with E-state index in [2.05, 4.69) is 20.9 Å². The molecule has 0 aliphatic heterocycles. The Kier molecular flexibility index (Phi) is 3.19. The van der Waals surface area contributed by atoms with Crippen molar-refractivity contribution < 1.29 is 4.39 Å². The highest BCUT2D eigenvalue weighted by molar-refractivity contribution is 9.08. The molecule has 1 aromatic heterocycles. The van der Waals surface area contributed by atoms with Crippen molar-refractivity contribution in [2.24, 2.45) is 0 Å². The van der Waals surface area contributed by atoms with Gasteiger partial charge in [0.25, 0.3) is 5.56 Å². The number of pyridine rings is 1. The highest BCUT2D eigenvalue weighted by atomic mass is 79.9. The van der Waals surface area contributed by atoms with E-state index in [1.807, 2.05) is 6.07 Å². The number of hydrogen-bond acceptors (Lipinski definition) is 1. The number of H-pyrrole nitrogens is 1. The molecule has 0 unspecified atom stereocenters. The molecule has 16 heavy (non-hydrogen) atoms. The van der Waals surface area contributed by atoms with Gasteiger partial charge in [-0.05, 0) is 29.8 Å². The molecular formula is C12H9BrFNO. The smallest absolute Gasteiger partial charge is 0.256 e. The van der Waals surface area contributed by atoms with Crippen molar-refractivity contribution in [3.8, 4) is 11.1 Å². The van der Waals surface area contributed by atoms with Crippen LogP contribution in [-0.2, 0) is 5.33 Å². The summed E-state index contributed by atoms with van der Waals surface area (Å²) in [5, 5.41) is 0.603. The summed E-state index contributed by atoms with van der Waals surface area (Å²) in [6.45, 7) is 0. The summed E-state index contributed by atoms with van der Waals surface area (Å²) in [4.78, 5) is 14.5. The third-order valence-corrected chi connectivity index (χ3v) is 2.87. The maximum Gasteiger partial charge on any atom is 0.256 e. The lowest BCUT2D eigenvalue weighted by molar-refractivity contribution is 0.628. The first-order chi connectivity index (χ1) is 7.70. The fraction of sp³-hybridized carbons (Fsp3) is 0.0833. The van der Waals surface area contributed by atoms with E-state index < -0.39 is 0 Å². The monoisotopic (exact) mass is 281 g/mol. The molecule has 1 aromatic carbocycles. The van der Waals surface area contributed by atoms with Crippen LogP contribution in [0.1, 0.15) is 5.69 Å². The lowest BCUT2D eigenvalue weighted by Crippen LogP contribution is -2.10. The number of aromatic amines is 1. The van der Waals surface area contributed by atoms with Gasteiger partial charge in [-0.2, -0.15) is 0 Å². The summed E-state index contributed by atoms with van der Waals surface area (Å²) in [7, 11) is 0. The van der Waals surface area contributed by atoms with Gasteiger partial charge in [-0.15, -0.1) is 0 Å². The normalized spacial score (nSPS) is 10.4. The van der Waals surface area contributed by atoms with Gasteiger partial charge in [-0.25, -0.2) is 4.39 Å². The predicted molar refractivity (Wildman–Crippen MR) is 65.1 cm³/mol. The predicted octanol–water partition coefficient (Wildman–Crippen LogP) is 3.08. The quantitative estimate of drug-likeness (QED) is 0.844. The second-order valence-corrected chi connectivity index (χ2v) is 3.93. The van der Waals surface area contributed by atoms with E-state index in [0.29, 0.717) is 16.5 Å². The molecule has 2 nitrogen and oxygen atoms in total. The molecule has 82 valence electrons. The number of benzene rings is 1. The van der Waals surface area contributed by atoms with Gasteiger partial charge < -0.3 is 4.98 Å². The van der Waals surface area contributed by atoms with E-state index in [0.717, 1.165) is 5.69 Å². The van der Waals surface area contributed by atoms with E-state index in [9.17, 15) is 9.18 Å². The summed E-state index contributed by atoms with van der Waals surface area (Å²) >= 11 is 3.26. The Morgan fingerprint density at radius 3 is 2.38 bits per heavy atom. The number of aromatic nitrogens is 1. The highest BCUT2D eigenvalue weighted by Gasteiger charge is 2.03. The zero-order valence-electron chi connectivity index (χ0n) is 8.34. The van der Waals surface area contributed by atoms with E-state index >= 15 is 0 Å². The van der Waals surface area contributed by atoms with Gasteiger partial charge >= 0.3 is 0 Å². The topological polar surface area (TPSA) is 32.9 Å². The molecule has 0 atom stereocenters. The fourth-order valence-corrected chi connectivity index (χ4v) is 1.78. The average molecular weight is 282 g/mol. The van der Waals surface area contributed by atoms with Gasteiger partial charge in [0.05, 0.1) is 0 Å². The molecule has 0 radical (unpaired) electrons. The van der Waals surface area contributed by atoms with Crippen molar-refractivity contribution in [3.05, 3.63) is 58.3 Å². The second-order valence-electron chi connectivity index (χ2n) is 3.37. The van der Waals surface area contributed by atoms with E-state index in [1.54, 1.807) is 18.2 Å². The molecule has 4 heteroatoms. The minimum Gasteiger partial charge on any atom is -0.325 e. The van der Waals surface area contributed by atoms with Crippen LogP contribution in [0.2, 0.25) is 0 Å². The van der Waals surface area contributed by atoms with Crippen molar-refractivity contribution in [2.45, 2.75) is 5.33 Å². The minimum atomic E-state index is -0.308. The molecule has 0 amide bonds. The number of halogens is 2. The van der Waals surface area contributed by atoms with Gasteiger partial charge in [0.1, 0.15) is 5.82 Å². The van der Waals surface area contributed by atoms with E-state index in [4.69, 9.17) is 0 Å². The van der Waals surface area contributed by atoms with Gasteiger partial charge in [0.15, 0.2) is 0 Å². The molecule has 2 aromatic rings. The van der Waals surface area contributed by atoms with Gasteiger partial charge in [0, 0.05) is 16.6 Å². The Balaban J connectivity index is 2.48. The molecule has 0 spiro atoms. The van der Waals surface area contributed by atoms with Crippen molar-refractivity contribution in [1.29, 1.82) is 0 Å². The summed E-state index contributed by atoms with van der Waals surface area (Å²) < 4.78 is 12.7. The molecule has 0 bridgehead atoms. The number of nitrogens with one attached hydrogen (secondary N) is 1. The zero-order chi connectivity index (χ0) is 11.5. The van der Waals surface area contributed by atoms with E-state index in [1.165, 1.54) is 12.1 Å². The fourth-order valence-electron chi connectivity index (χ4n) is 1.45. The third-order valence-electron chi connectivity index (χ3n) is 2.27. The van der Waals surface area contributed by atoms with Crippen LogP contribution >= 0.6 is 15.9 Å². The van der Waals surface area contributed by atoms with Crippen LogP contribution in [-0.4, -0.2) is 4.98 Å². The molecular weight excluding hydrogens is 273 g/mol. The number of rotatable bonds is 2. The van der Waals surface area contributed by atoms with Crippen LogP contribution in [0.5, 0.6) is 0 Å². The molecule has 0 aliphatic carbocycles. The van der Waals surface area contributed by atoms with Crippen molar-refractivity contribution in [3.63, 3.8) is 0 Å². The van der Waals surface area contributed by atoms with Crippen LogP contribution in [0.4, 0.5) is 4.39 Å². The number of alkyl halides is 1. The van der Waals surface area contributed by atoms with E-state index in [-0.39, 0.29) is 11.4 Å². The molecule has 1 N–H and O–H groups in total. The third kappa shape index (κ3) is 2.22. The first-order valence-electron chi connectivity index (χ1n) is 4.75. The van der Waals surface area contributed by atoms with Gasteiger partial charge in [-0.1, -0.05) is 28.1 Å². The molecule has 0 aliphatic rings. The van der Waals surface area contributed by atoms with Gasteiger partial charge in [-0.3, -0.25) is 4.79 Å². The van der Waals surface area contributed by atoms with Crippen LogP contribution in [0, 0.1) is 5.82 Å². The first-order valence-corrected chi connectivity index (χ1v) is 5.87. The molecule has 2 rings (SSSR count). The summed E-state index contributed by atoms with van der Waals surface area (Å²) in [5.41, 5.74) is 1.91. The van der Waals surface area contributed by atoms with Gasteiger partial charge in [0.2, 0.25) is 0 Å². The summed E-state index contributed by atoms with van der Waals surface area (Å²) in [5.74, 6) is -0.308. The second kappa shape index (κ2) is 4.61. The van der Waals surface area contributed by atoms with Crippen LogP contribution in [0.3, 0.4) is 0 Å². The maximum absolute atomic E-state index is 12.7. The first kappa shape index (κ1) is 11.1. The maximum atomic E-state index is 12.7. The average Bonchev–Trinajstić information content (AvgIpc) is 2.30. The van der Waals surface area contributed by atoms with Crippen LogP contribution in [0.25, 0.3) is 11.1 Å². The van der Waals surface area contributed by atoms with Crippen LogP contribution < -0.4 is 5.56 Å². The molecule has 0 saturated heterocycles. The van der Waals surface area contributed by atoms with Crippen LogP contribution in [0.15, 0.2) is 41.2 Å². The Bertz CT molecular complexity index is 548. The highest BCUT2D eigenvalue weighted by Crippen LogP contribution is 2.15. The summed E-state index contributed by atoms with van der Waals surface area (Å²) in [6.07, 6.45) is 0. The van der Waals surface area contributed by atoms with Crippen molar-refractivity contribution >= 4 is 15.9 Å². The lowest BCUT2D eigenvalue weighted by Gasteiger charge is -2.02. The summed E-state index contributed by atoms with van der Waals surface area (Å²) in [6, 6.07) is 9.43. The minimum absolute atomic E-state index is 0.163. The Hall–Kier alpha value is -1.42. The molecule has 0 fully saturated rings. The SMILES string of the molecule is O=c1[nH]c(CBr)ccc1-c1ccc(F)cc1. The zero-order valence-corrected chi connectivity index (χ0v) is 9.92. The molecule has 0 saturated carbocycles. The number of hydrogen-bond donors (Lipinski definition) is 1.